The van der Waals surface area contributed by atoms with E-state index in [9.17, 15) is 18.0 Å². The lowest BCUT2D eigenvalue weighted by Gasteiger charge is -2.33. The van der Waals surface area contributed by atoms with Gasteiger partial charge in [-0.2, -0.15) is 13.2 Å². The first-order valence-corrected chi connectivity index (χ1v) is 8.72. The first kappa shape index (κ1) is 20.3. The van der Waals surface area contributed by atoms with E-state index in [0.29, 0.717) is 16.3 Å². The summed E-state index contributed by atoms with van der Waals surface area (Å²) in [5, 5.41) is 3.22. The Morgan fingerprint density at radius 1 is 1.07 bits per heavy atom. The molecule has 0 amide bonds. The number of hydrogen-bond acceptors (Lipinski definition) is 5. The molecule has 0 radical (unpaired) electrons. The van der Waals surface area contributed by atoms with Crippen molar-refractivity contribution in [2.75, 3.05) is 19.1 Å². The molecule has 1 fully saturated rings. The van der Waals surface area contributed by atoms with Gasteiger partial charge in [0.1, 0.15) is 18.0 Å². The van der Waals surface area contributed by atoms with Gasteiger partial charge in [-0.25, -0.2) is 0 Å². The Kier molecular flexibility index (Phi) is 5.71. The molecule has 0 bridgehead atoms. The second kappa shape index (κ2) is 7.89. The van der Waals surface area contributed by atoms with Crippen LogP contribution in [0, 0.1) is 0 Å². The summed E-state index contributed by atoms with van der Waals surface area (Å²) >= 11 is 5.91. The second-order valence-corrected chi connectivity index (χ2v) is 6.65. The molecular weight excluding hydrogens is 397 g/mol. The molecule has 0 aromatic heterocycles. The summed E-state index contributed by atoms with van der Waals surface area (Å²) in [6.07, 6.45) is -5.60. The summed E-state index contributed by atoms with van der Waals surface area (Å²) in [5.74, 6) is -0.482. The number of benzene rings is 2. The molecule has 1 aliphatic heterocycles. The van der Waals surface area contributed by atoms with Crippen LogP contribution in [-0.2, 0) is 9.53 Å². The first-order valence-electron chi connectivity index (χ1n) is 8.34. The van der Waals surface area contributed by atoms with Gasteiger partial charge in [-0.1, -0.05) is 23.7 Å². The van der Waals surface area contributed by atoms with Gasteiger partial charge in [0.25, 0.3) is 0 Å². The lowest BCUT2D eigenvalue weighted by Crippen LogP contribution is -2.51. The van der Waals surface area contributed by atoms with Gasteiger partial charge >= 0.3 is 12.1 Å². The maximum absolute atomic E-state index is 14.0. The van der Waals surface area contributed by atoms with E-state index in [4.69, 9.17) is 16.3 Å². The Balaban J connectivity index is 2.12. The molecule has 3 atom stereocenters. The first-order chi connectivity index (χ1) is 13.3. The molecule has 0 saturated carbocycles. The molecule has 1 N–H and O–H groups in total. The number of alkyl halides is 3. The van der Waals surface area contributed by atoms with Gasteiger partial charge in [0.05, 0.1) is 14.2 Å². The average Bonchev–Trinajstić information content (AvgIpc) is 3.09. The van der Waals surface area contributed by atoms with Crippen molar-refractivity contribution in [3.05, 3.63) is 59.1 Å². The minimum Gasteiger partial charge on any atom is -0.497 e. The van der Waals surface area contributed by atoms with Crippen LogP contribution < -0.4 is 15.0 Å². The highest BCUT2D eigenvalue weighted by molar-refractivity contribution is 6.30. The topological polar surface area (TPSA) is 50.8 Å². The van der Waals surface area contributed by atoms with E-state index in [1.54, 1.807) is 36.4 Å². The number of rotatable bonds is 4. The molecule has 3 rings (SSSR count). The summed E-state index contributed by atoms with van der Waals surface area (Å²) in [7, 11) is 2.53. The van der Waals surface area contributed by atoms with Gasteiger partial charge in [0.15, 0.2) is 6.04 Å². The van der Waals surface area contributed by atoms with Crippen molar-refractivity contribution in [3.8, 4) is 5.75 Å². The summed E-state index contributed by atoms with van der Waals surface area (Å²) in [6, 6.07) is 8.84. The molecule has 0 aliphatic carbocycles. The third-order valence-electron chi connectivity index (χ3n) is 4.58. The van der Waals surface area contributed by atoms with Gasteiger partial charge in [0, 0.05) is 10.7 Å². The van der Waals surface area contributed by atoms with Crippen LogP contribution in [0.15, 0.2) is 48.5 Å². The predicted octanol–water partition coefficient (Wildman–Crippen LogP) is 3.93. The summed E-state index contributed by atoms with van der Waals surface area (Å²) in [6.45, 7) is 0. The predicted molar refractivity (Wildman–Crippen MR) is 98.4 cm³/mol. The van der Waals surface area contributed by atoms with E-state index in [1.165, 1.54) is 19.2 Å². The number of carbonyl (C=O) groups is 1. The third-order valence-corrected chi connectivity index (χ3v) is 4.83. The molecule has 1 saturated heterocycles. The number of methoxy groups -OCH3 is 2. The Morgan fingerprint density at radius 2 is 1.68 bits per heavy atom. The molecule has 1 aliphatic rings. The highest BCUT2D eigenvalue weighted by atomic mass is 35.5. The standard InChI is InChI=1S/C19H18ClF3N2O3/c1-27-14-9-7-13(8-10-14)25-16(19(21,22)23)15(18(26)28-2)24-17(25)11-3-5-12(20)6-4-11/h3-10,15-17,24H,1-2H3/t15-,16-,17-/m1/s1. The van der Waals surface area contributed by atoms with Crippen molar-refractivity contribution in [1.29, 1.82) is 0 Å². The number of hydrogen-bond donors (Lipinski definition) is 1. The molecule has 9 heteroatoms. The van der Waals surface area contributed by atoms with Gasteiger partial charge in [0.2, 0.25) is 0 Å². The van der Waals surface area contributed by atoms with Crippen molar-refractivity contribution in [2.24, 2.45) is 0 Å². The molecule has 5 nitrogen and oxygen atoms in total. The van der Waals surface area contributed by atoms with E-state index in [0.717, 1.165) is 12.0 Å². The van der Waals surface area contributed by atoms with Crippen molar-refractivity contribution < 1.29 is 27.4 Å². The van der Waals surface area contributed by atoms with E-state index >= 15 is 0 Å². The SMILES string of the molecule is COC(=O)[C@@H]1N[C@@H](c2ccc(Cl)cc2)N(c2ccc(OC)cc2)[C@H]1C(F)(F)F. The number of halogens is 4. The zero-order valence-corrected chi connectivity index (χ0v) is 15.8. The van der Waals surface area contributed by atoms with Crippen LogP contribution in [0.1, 0.15) is 11.7 Å². The summed E-state index contributed by atoms with van der Waals surface area (Å²) < 4.78 is 51.7. The van der Waals surface area contributed by atoms with Crippen LogP contribution in [0.25, 0.3) is 0 Å². The van der Waals surface area contributed by atoms with E-state index in [2.05, 4.69) is 10.1 Å². The Morgan fingerprint density at radius 3 is 2.18 bits per heavy atom. The number of esters is 1. The van der Waals surface area contributed by atoms with Crippen molar-refractivity contribution in [3.63, 3.8) is 0 Å². The van der Waals surface area contributed by atoms with Crippen LogP contribution in [0.4, 0.5) is 18.9 Å². The minimum atomic E-state index is -4.69. The van der Waals surface area contributed by atoms with E-state index < -0.39 is 30.4 Å². The van der Waals surface area contributed by atoms with Crippen LogP contribution >= 0.6 is 11.6 Å². The van der Waals surface area contributed by atoms with E-state index in [1.807, 2.05) is 0 Å². The number of ether oxygens (including phenoxy) is 2. The zero-order chi connectivity index (χ0) is 20.5. The van der Waals surface area contributed by atoms with Crippen molar-refractivity contribution in [2.45, 2.75) is 24.4 Å². The van der Waals surface area contributed by atoms with Crippen molar-refractivity contribution in [1.82, 2.24) is 5.32 Å². The summed E-state index contributed by atoms with van der Waals surface area (Å²) in [4.78, 5) is 13.3. The minimum absolute atomic E-state index is 0.280. The van der Waals surface area contributed by atoms with Gasteiger partial charge in [-0.15, -0.1) is 0 Å². The highest BCUT2D eigenvalue weighted by Gasteiger charge is 2.58. The Bertz CT molecular complexity index is 828. The average molecular weight is 415 g/mol. The summed E-state index contributed by atoms with van der Waals surface area (Å²) in [5.41, 5.74) is 0.808. The van der Waals surface area contributed by atoms with Gasteiger partial charge in [-0.05, 0) is 42.0 Å². The van der Waals surface area contributed by atoms with Crippen molar-refractivity contribution >= 4 is 23.3 Å². The molecule has 28 heavy (non-hydrogen) atoms. The lowest BCUT2D eigenvalue weighted by molar-refractivity contribution is -0.164. The zero-order valence-electron chi connectivity index (χ0n) is 15.0. The molecular formula is C19H18ClF3N2O3. The normalized spacial score (nSPS) is 22.2. The lowest BCUT2D eigenvalue weighted by atomic mass is 10.1. The largest absolute Gasteiger partial charge is 0.497 e. The molecule has 1 heterocycles. The molecule has 0 unspecified atom stereocenters. The Hall–Kier alpha value is -2.45. The number of nitrogens with one attached hydrogen (secondary N) is 1. The highest BCUT2D eigenvalue weighted by Crippen LogP contribution is 2.42. The number of nitrogens with zero attached hydrogens (tertiary/aromatic N) is 1. The fourth-order valence-electron chi connectivity index (χ4n) is 3.30. The smallest absolute Gasteiger partial charge is 0.410 e. The van der Waals surface area contributed by atoms with Crippen LogP contribution in [0.3, 0.4) is 0 Å². The number of anilines is 1. The quantitative estimate of drug-likeness (QED) is 0.768. The second-order valence-electron chi connectivity index (χ2n) is 6.21. The van der Waals surface area contributed by atoms with Crippen LogP contribution in [-0.4, -0.2) is 38.4 Å². The van der Waals surface area contributed by atoms with Crippen LogP contribution in [0.5, 0.6) is 5.75 Å². The van der Waals surface area contributed by atoms with E-state index in [-0.39, 0.29) is 5.69 Å². The fraction of sp³-hybridized carbons (Fsp3) is 0.316. The van der Waals surface area contributed by atoms with Crippen LogP contribution in [0.2, 0.25) is 5.02 Å². The maximum Gasteiger partial charge on any atom is 0.410 e. The maximum atomic E-state index is 14.0. The molecule has 2 aromatic carbocycles. The van der Waals surface area contributed by atoms with Gasteiger partial charge in [-0.3, -0.25) is 10.1 Å². The third kappa shape index (κ3) is 3.88. The fourth-order valence-corrected chi connectivity index (χ4v) is 3.43. The molecule has 2 aromatic rings. The monoisotopic (exact) mass is 414 g/mol. The molecule has 150 valence electrons. The number of carbonyl (C=O) groups excluding carboxylic acids is 1. The molecule has 0 spiro atoms. The van der Waals surface area contributed by atoms with Gasteiger partial charge < -0.3 is 14.4 Å². The Labute approximate surface area is 165 Å².